The second-order valence-electron chi connectivity index (χ2n) is 3.34. The Kier molecular flexibility index (Phi) is 7.57. The van der Waals surface area contributed by atoms with Crippen LogP contribution in [0.5, 0.6) is 0 Å². The molecule has 0 saturated carbocycles. The second-order valence-corrected chi connectivity index (χ2v) is 4.32. The van der Waals surface area contributed by atoms with Crippen LogP contribution in [0.4, 0.5) is 13.2 Å². The number of alkyl halides is 3. The third-order valence-electron chi connectivity index (χ3n) is 1.99. The summed E-state index contributed by atoms with van der Waals surface area (Å²) in [4.78, 5) is 10.3. The van der Waals surface area contributed by atoms with Crippen LogP contribution in [0, 0.1) is 5.92 Å². The van der Waals surface area contributed by atoms with Crippen molar-refractivity contribution < 1.29 is 23.1 Å². The Bertz CT molecular complexity index is 211. The van der Waals surface area contributed by atoms with Crippen LogP contribution in [0.15, 0.2) is 0 Å². The Morgan fingerprint density at radius 3 is 2.50 bits per heavy atom. The lowest BCUT2D eigenvalue weighted by Crippen LogP contribution is -2.39. The quantitative estimate of drug-likeness (QED) is 0.654. The molecule has 0 aliphatic carbocycles. The van der Waals surface area contributed by atoms with Crippen LogP contribution in [0.3, 0.4) is 0 Å². The molecule has 2 N–H and O–H groups in total. The summed E-state index contributed by atoms with van der Waals surface area (Å²) in [6, 6.07) is 0. The van der Waals surface area contributed by atoms with Crippen molar-refractivity contribution >= 4 is 17.7 Å². The third kappa shape index (κ3) is 6.95. The van der Waals surface area contributed by atoms with E-state index in [1.807, 2.05) is 6.26 Å². The summed E-state index contributed by atoms with van der Waals surface area (Å²) < 4.78 is 36.5. The zero-order valence-electron chi connectivity index (χ0n) is 9.01. The Morgan fingerprint density at radius 2 is 2.06 bits per heavy atom. The van der Waals surface area contributed by atoms with E-state index in [1.54, 1.807) is 11.8 Å². The molecule has 7 heteroatoms. The summed E-state index contributed by atoms with van der Waals surface area (Å²) in [5.74, 6) is -3.18. The summed E-state index contributed by atoms with van der Waals surface area (Å²) >= 11 is 1.67. The summed E-state index contributed by atoms with van der Waals surface area (Å²) in [6.07, 6.45) is -1.06. The molecule has 0 amide bonds. The van der Waals surface area contributed by atoms with E-state index in [0.29, 0.717) is 6.54 Å². The van der Waals surface area contributed by atoms with Gasteiger partial charge in [0, 0.05) is 6.54 Å². The number of carboxylic acids is 1. The van der Waals surface area contributed by atoms with E-state index in [-0.39, 0.29) is 0 Å². The van der Waals surface area contributed by atoms with Gasteiger partial charge < -0.3 is 10.4 Å². The highest BCUT2D eigenvalue weighted by atomic mass is 32.2. The van der Waals surface area contributed by atoms with E-state index in [4.69, 9.17) is 5.11 Å². The van der Waals surface area contributed by atoms with Gasteiger partial charge in [0.25, 0.3) is 0 Å². The van der Waals surface area contributed by atoms with Gasteiger partial charge in [0.15, 0.2) is 5.92 Å². The third-order valence-corrected chi connectivity index (χ3v) is 2.69. The molecule has 0 aromatic rings. The highest BCUT2D eigenvalue weighted by Gasteiger charge is 2.44. The molecule has 0 aromatic heterocycles. The van der Waals surface area contributed by atoms with E-state index < -0.39 is 24.6 Å². The Morgan fingerprint density at radius 1 is 1.44 bits per heavy atom. The fourth-order valence-electron chi connectivity index (χ4n) is 1.09. The predicted molar refractivity (Wildman–Crippen MR) is 57.7 cm³/mol. The van der Waals surface area contributed by atoms with Crippen LogP contribution in [-0.2, 0) is 4.79 Å². The van der Waals surface area contributed by atoms with Crippen LogP contribution in [0.25, 0.3) is 0 Å². The smallest absolute Gasteiger partial charge is 0.403 e. The Hall–Kier alpha value is -0.430. The standard InChI is InChI=1S/C9H16F3NO2S/c1-16-5-3-2-4-13-6-7(8(14)15)9(10,11)12/h7,13H,2-6H2,1H3,(H,14,15). The molecular formula is C9H16F3NO2S. The average Bonchev–Trinajstić information content (AvgIpc) is 2.13. The summed E-state index contributed by atoms with van der Waals surface area (Å²) in [5.41, 5.74) is 0. The van der Waals surface area contributed by atoms with Crippen molar-refractivity contribution in [2.75, 3.05) is 25.1 Å². The van der Waals surface area contributed by atoms with E-state index in [9.17, 15) is 18.0 Å². The monoisotopic (exact) mass is 259 g/mol. The van der Waals surface area contributed by atoms with Crippen LogP contribution >= 0.6 is 11.8 Å². The maximum absolute atomic E-state index is 12.2. The molecule has 0 bridgehead atoms. The minimum atomic E-state index is -4.68. The van der Waals surface area contributed by atoms with Crippen molar-refractivity contribution in [1.29, 1.82) is 0 Å². The first kappa shape index (κ1) is 15.6. The molecule has 1 atom stereocenters. The highest BCUT2D eigenvalue weighted by Crippen LogP contribution is 2.25. The first-order valence-electron chi connectivity index (χ1n) is 4.88. The van der Waals surface area contributed by atoms with Gasteiger partial charge in [0.05, 0.1) is 0 Å². The van der Waals surface area contributed by atoms with Gasteiger partial charge in [-0.25, -0.2) is 0 Å². The van der Waals surface area contributed by atoms with Crippen LogP contribution < -0.4 is 5.32 Å². The van der Waals surface area contributed by atoms with Crippen LogP contribution in [0.2, 0.25) is 0 Å². The maximum Gasteiger partial charge on any atom is 0.403 e. The molecule has 0 fully saturated rings. The SMILES string of the molecule is CSCCCCNCC(C(=O)O)C(F)(F)F. The lowest BCUT2D eigenvalue weighted by molar-refractivity contribution is -0.192. The maximum atomic E-state index is 12.2. The summed E-state index contributed by atoms with van der Waals surface area (Å²) in [5, 5.41) is 10.9. The zero-order valence-corrected chi connectivity index (χ0v) is 9.83. The largest absolute Gasteiger partial charge is 0.481 e. The molecule has 0 aliphatic rings. The number of nitrogens with one attached hydrogen (secondary N) is 1. The van der Waals surface area contributed by atoms with Gasteiger partial charge >= 0.3 is 12.1 Å². The fourth-order valence-corrected chi connectivity index (χ4v) is 1.58. The minimum absolute atomic E-state index is 0.417. The lowest BCUT2D eigenvalue weighted by Gasteiger charge is -2.16. The van der Waals surface area contributed by atoms with Gasteiger partial charge in [-0.1, -0.05) is 0 Å². The minimum Gasteiger partial charge on any atom is -0.481 e. The number of thioether (sulfide) groups is 1. The van der Waals surface area contributed by atoms with E-state index in [0.717, 1.165) is 18.6 Å². The molecule has 96 valence electrons. The molecule has 0 rings (SSSR count). The number of rotatable bonds is 8. The van der Waals surface area contributed by atoms with E-state index >= 15 is 0 Å². The Balaban J connectivity index is 3.75. The number of hydrogen-bond donors (Lipinski definition) is 2. The van der Waals surface area contributed by atoms with Gasteiger partial charge in [0.2, 0.25) is 0 Å². The topological polar surface area (TPSA) is 49.3 Å². The molecule has 0 saturated heterocycles. The Labute approximate surface area is 96.8 Å². The second kappa shape index (κ2) is 7.78. The van der Waals surface area contributed by atoms with Crippen molar-refractivity contribution in [2.45, 2.75) is 19.0 Å². The number of aliphatic carboxylic acids is 1. The molecule has 0 aromatic carbocycles. The summed E-state index contributed by atoms with van der Waals surface area (Å²) in [7, 11) is 0. The van der Waals surface area contributed by atoms with E-state index in [1.165, 1.54) is 0 Å². The summed E-state index contributed by atoms with van der Waals surface area (Å²) in [6.45, 7) is -0.140. The van der Waals surface area contributed by atoms with Gasteiger partial charge in [-0.15, -0.1) is 0 Å². The normalized spacial score (nSPS) is 13.8. The fraction of sp³-hybridized carbons (Fsp3) is 0.889. The van der Waals surface area contributed by atoms with Crippen LogP contribution in [0.1, 0.15) is 12.8 Å². The van der Waals surface area contributed by atoms with Gasteiger partial charge in [0.1, 0.15) is 0 Å². The first-order valence-corrected chi connectivity index (χ1v) is 6.28. The van der Waals surface area contributed by atoms with Gasteiger partial charge in [-0.3, -0.25) is 4.79 Å². The number of carboxylic acid groups (broad SMARTS) is 1. The number of hydrogen-bond acceptors (Lipinski definition) is 3. The number of carbonyl (C=O) groups is 1. The van der Waals surface area contributed by atoms with Crippen LogP contribution in [-0.4, -0.2) is 42.4 Å². The molecular weight excluding hydrogens is 243 g/mol. The van der Waals surface area contributed by atoms with E-state index in [2.05, 4.69) is 5.32 Å². The zero-order chi connectivity index (χ0) is 12.6. The molecule has 0 spiro atoms. The molecule has 0 heterocycles. The number of unbranched alkanes of at least 4 members (excludes halogenated alkanes) is 1. The predicted octanol–water partition coefficient (Wildman–Crippen LogP) is 1.98. The highest BCUT2D eigenvalue weighted by molar-refractivity contribution is 7.98. The average molecular weight is 259 g/mol. The first-order chi connectivity index (χ1) is 7.39. The van der Waals surface area contributed by atoms with Crippen molar-refractivity contribution in [3.63, 3.8) is 0 Å². The van der Waals surface area contributed by atoms with Crippen molar-refractivity contribution in [1.82, 2.24) is 5.32 Å². The molecule has 1 unspecified atom stereocenters. The van der Waals surface area contributed by atoms with Crippen molar-refractivity contribution in [2.24, 2.45) is 5.92 Å². The molecule has 0 aliphatic heterocycles. The molecule has 0 radical (unpaired) electrons. The van der Waals surface area contributed by atoms with Crippen molar-refractivity contribution in [3.8, 4) is 0 Å². The number of halogens is 3. The van der Waals surface area contributed by atoms with Gasteiger partial charge in [-0.05, 0) is 31.4 Å². The molecule has 16 heavy (non-hydrogen) atoms. The van der Waals surface area contributed by atoms with Crippen molar-refractivity contribution in [3.05, 3.63) is 0 Å². The lowest BCUT2D eigenvalue weighted by atomic mass is 10.1. The van der Waals surface area contributed by atoms with Gasteiger partial charge in [-0.2, -0.15) is 24.9 Å². The molecule has 3 nitrogen and oxygen atoms in total.